The first-order chi connectivity index (χ1) is 9.57. The van der Waals surface area contributed by atoms with Crippen LogP contribution >= 0.6 is 0 Å². The Morgan fingerprint density at radius 2 is 1.90 bits per heavy atom. The van der Waals surface area contributed by atoms with Crippen LogP contribution in [0.2, 0.25) is 0 Å². The van der Waals surface area contributed by atoms with Gasteiger partial charge in [0.25, 0.3) is 5.91 Å². The lowest BCUT2D eigenvalue weighted by atomic mass is 10.0. The number of unbranched alkanes of at least 4 members (excludes halogenated alkanes) is 2. The van der Waals surface area contributed by atoms with Crippen molar-refractivity contribution in [3.8, 4) is 0 Å². The first-order valence-corrected chi connectivity index (χ1v) is 7.34. The molecule has 1 aromatic rings. The van der Waals surface area contributed by atoms with E-state index < -0.39 is 5.72 Å². The van der Waals surface area contributed by atoms with Crippen LogP contribution in [0.25, 0.3) is 0 Å². The minimum Gasteiger partial charge on any atom is -0.367 e. The molecule has 1 atom stereocenters. The molecule has 1 aromatic carbocycles. The molecule has 20 heavy (non-hydrogen) atoms. The number of nitrogens with zero attached hydrogens (tertiary/aromatic N) is 1. The van der Waals surface area contributed by atoms with Gasteiger partial charge in [0.1, 0.15) is 0 Å². The predicted molar refractivity (Wildman–Crippen MR) is 79.8 cm³/mol. The molecule has 0 radical (unpaired) electrons. The Morgan fingerprint density at radius 1 is 1.20 bits per heavy atom. The molecule has 0 bridgehead atoms. The van der Waals surface area contributed by atoms with Crippen molar-refractivity contribution in [1.29, 1.82) is 0 Å². The van der Waals surface area contributed by atoms with E-state index in [1.807, 2.05) is 30.3 Å². The largest absolute Gasteiger partial charge is 0.367 e. The lowest BCUT2D eigenvalue weighted by molar-refractivity contribution is -0.144. The quantitative estimate of drug-likeness (QED) is 0.808. The smallest absolute Gasteiger partial charge is 0.252 e. The molecule has 1 unspecified atom stereocenters. The van der Waals surface area contributed by atoms with Crippen LogP contribution < -0.4 is 0 Å². The van der Waals surface area contributed by atoms with Gasteiger partial charge in [-0.25, -0.2) is 0 Å². The SMILES string of the molecule is CCCCCC1(O)C=C(C)C(=O)N1Cc1ccccc1. The second kappa shape index (κ2) is 6.23. The van der Waals surface area contributed by atoms with E-state index in [1.54, 1.807) is 17.9 Å². The van der Waals surface area contributed by atoms with Gasteiger partial charge < -0.3 is 10.0 Å². The minimum absolute atomic E-state index is 0.0622. The number of carbonyl (C=O) groups is 1. The number of hydrogen-bond acceptors (Lipinski definition) is 2. The molecule has 1 aliphatic rings. The number of aliphatic hydroxyl groups is 1. The predicted octanol–water partition coefficient (Wildman–Crippen LogP) is 3.24. The van der Waals surface area contributed by atoms with E-state index in [2.05, 4.69) is 6.92 Å². The van der Waals surface area contributed by atoms with E-state index in [1.165, 1.54) is 0 Å². The molecule has 0 aliphatic carbocycles. The van der Waals surface area contributed by atoms with Gasteiger partial charge in [-0.3, -0.25) is 4.79 Å². The monoisotopic (exact) mass is 273 g/mol. The zero-order chi connectivity index (χ0) is 14.6. The van der Waals surface area contributed by atoms with Gasteiger partial charge in [0.05, 0.1) is 0 Å². The number of amides is 1. The highest BCUT2D eigenvalue weighted by molar-refractivity contribution is 5.96. The second-order valence-electron chi connectivity index (χ2n) is 5.54. The molecule has 0 saturated heterocycles. The lowest BCUT2D eigenvalue weighted by Crippen LogP contribution is -2.45. The molecule has 3 nitrogen and oxygen atoms in total. The summed E-state index contributed by atoms with van der Waals surface area (Å²) in [6.45, 7) is 4.36. The van der Waals surface area contributed by atoms with Crippen molar-refractivity contribution >= 4 is 5.91 Å². The van der Waals surface area contributed by atoms with Crippen LogP contribution in [0.15, 0.2) is 42.0 Å². The molecule has 3 heteroatoms. The maximum absolute atomic E-state index is 12.3. The molecule has 108 valence electrons. The minimum atomic E-state index is -1.12. The summed E-state index contributed by atoms with van der Waals surface area (Å²) in [5, 5.41) is 10.8. The highest BCUT2D eigenvalue weighted by Gasteiger charge is 2.41. The van der Waals surface area contributed by atoms with Crippen molar-refractivity contribution in [3.63, 3.8) is 0 Å². The maximum Gasteiger partial charge on any atom is 0.252 e. The van der Waals surface area contributed by atoms with E-state index in [9.17, 15) is 9.90 Å². The van der Waals surface area contributed by atoms with Crippen molar-refractivity contribution < 1.29 is 9.90 Å². The van der Waals surface area contributed by atoms with Gasteiger partial charge in [0.2, 0.25) is 0 Å². The highest BCUT2D eigenvalue weighted by Crippen LogP contribution is 2.32. The van der Waals surface area contributed by atoms with Crippen LogP contribution in [0, 0.1) is 0 Å². The molecule has 2 rings (SSSR count). The lowest BCUT2D eigenvalue weighted by Gasteiger charge is -2.33. The third-order valence-corrected chi connectivity index (χ3v) is 3.83. The Labute approximate surface area is 120 Å². The van der Waals surface area contributed by atoms with Gasteiger partial charge in [0, 0.05) is 12.1 Å². The van der Waals surface area contributed by atoms with E-state index in [-0.39, 0.29) is 5.91 Å². The Kier molecular flexibility index (Phi) is 4.61. The van der Waals surface area contributed by atoms with Crippen molar-refractivity contribution in [2.45, 2.75) is 51.8 Å². The first kappa shape index (κ1) is 14.8. The second-order valence-corrected chi connectivity index (χ2v) is 5.54. The molecule has 1 aliphatic heterocycles. The van der Waals surface area contributed by atoms with Gasteiger partial charge in [-0.15, -0.1) is 0 Å². The molecular formula is C17H23NO2. The first-order valence-electron chi connectivity index (χ1n) is 7.34. The number of carbonyl (C=O) groups excluding carboxylic acids is 1. The normalized spacial score (nSPS) is 22.2. The van der Waals surface area contributed by atoms with Crippen LogP contribution in [0.4, 0.5) is 0 Å². The fourth-order valence-electron chi connectivity index (χ4n) is 2.69. The topological polar surface area (TPSA) is 40.5 Å². The van der Waals surface area contributed by atoms with Gasteiger partial charge >= 0.3 is 0 Å². The van der Waals surface area contributed by atoms with E-state index in [4.69, 9.17) is 0 Å². The van der Waals surface area contributed by atoms with Gasteiger partial charge in [0.15, 0.2) is 5.72 Å². The fourth-order valence-corrected chi connectivity index (χ4v) is 2.69. The van der Waals surface area contributed by atoms with Crippen LogP contribution in [0.3, 0.4) is 0 Å². The standard InChI is InChI=1S/C17H23NO2/c1-3-4-8-11-17(20)12-14(2)16(19)18(17)13-15-9-6-5-7-10-15/h5-7,9-10,12,20H,3-4,8,11,13H2,1-2H3. The summed E-state index contributed by atoms with van der Waals surface area (Å²) in [5.41, 5.74) is 0.560. The molecule has 0 saturated carbocycles. The van der Waals surface area contributed by atoms with Crippen LogP contribution in [-0.2, 0) is 11.3 Å². The highest BCUT2D eigenvalue weighted by atomic mass is 16.3. The number of hydrogen-bond donors (Lipinski definition) is 1. The van der Waals surface area contributed by atoms with Gasteiger partial charge in [-0.1, -0.05) is 50.1 Å². The number of benzene rings is 1. The van der Waals surface area contributed by atoms with Crippen molar-refractivity contribution in [2.75, 3.05) is 0 Å². The van der Waals surface area contributed by atoms with Crippen molar-refractivity contribution in [1.82, 2.24) is 4.90 Å². The summed E-state index contributed by atoms with van der Waals surface area (Å²) >= 11 is 0. The maximum atomic E-state index is 12.3. The molecule has 1 amide bonds. The fraction of sp³-hybridized carbons (Fsp3) is 0.471. The van der Waals surface area contributed by atoms with Crippen LogP contribution in [0.1, 0.15) is 45.1 Å². The summed E-state index contributed by atoms with van der Waals surface area (Å²) in [6, 6.07) is 9.81. The van der Waals surface area contributed by atoms with E-state index in [0.717, 1.165) is 24.8 Å². The molecule has 1 N–H and O–H groups in total. The summed E-state index contributed by atoms with van der Waals surface area (Å²) in [5.74, 6) is -0.0622. The third-order valence-electron chi connectivity index (χ3n) is 3.83. The summed E-state index contributed by atoms with van der Waals surface area (Å²) in [7, 11) is 0. The van der Waals surface area contributed by atoms with E-state index >= 15 is 0 Å². The van der Waals surface area contributed by atoms with Crippen LogP contribution in [0.5, 0.6) is 0 Å². The molecule has 0 fully saturated rings. The number of rotatable bonds is 6. The Bertz CT molecular complexity index is 495. The molecule has 1 heterocycles. The molecular weight excluding hydrogens is 250 g/mol. The molecule has 0 spiro atoms. The average Bonchev–Trinajstić information content (AvgIpc) is 2.64. The van der Waals surface area contributed by atoms with Gasteiger partial charge in [-0.05, 0) is 31.4 Å². The summed E-state index contributed by atoms with van der Waals surface area (Å²) in [4.78, 5) is 13.8. The average molecular weight is 273 g/mol. The van der Waals surface area contributed by atoms with Crippen molar-refractivity contribution in [2.24, 2.45) is 0 Å². The third kappa shape index (κ3) is 3.10. The Hall–Kier alpha value is -1.61. The Morgan fingerprint density at radius 3 is 2.55 bits per heavy atom. The zero-order valence-electron chi connectivity index (χ0n) is 12.3. The van der Waals surface area contributed by atoms with E-state index in [0.29, 0.717) is 18.5 Å². The Balaban J connectivity index is 2.14. The van der Waals surface area contributed by atoms with Crippen molar-refractivity contribution in [3.05, 3.63) is 47.5 Å². The van der Waals surface area contributed by atoms with Gasteiger partial charge in [-0.2, -0.15) is 0 Å². The molecule has 0 aromatic heterocycles. The summed E-state index contributed by atoms with van der Waals surface area (Å²) < 4.78 is 0. The zero-order valence-corrected chi connectivity index (χ0v) is 12.3. The van der Waals surface area contributed by atoms with Crippen LogP contribution in [-0.4, -0.2) is 21.6 Å². The summed E-state index contributed by atoms with van der Waals surface area (Å²) in [6.07, 6.45) is 5.42.